The van der Waals surface area contributed by atoms with Gasteiger partial charge in [-0.2, -0.15) is 0 Å². The second-order valence-corrected chi connectivity index (χ2v) is 7.97. The number of nitrogens with zero attached hydrogens (tertiary/aromatic N) is 1. The molecule has 20 heavy (non-hydrogen) atoms. The largest absolute Gasteiger partial charge is 0.314 e. The van der Waals surface area contributed by atoms with Crippen molar-refractivity contribution in [1.29, 1.82) is 0 Å². The summed E-state index contributed by atoms with van der Waals surface area (Å²) in [5.41, 5.74) is 0. The first-order chi connectivity index (χ1) is 8.72. The van der Waals surface area contributed by atoms with Gasteiger partial charge in [-0.3, -0.25) is 4.90 Å². The maximum Gasteiger partial charge on any atom is 0.0843 e. The van der Waals surface area contributed by atoms with Gasteiger partial charge in [0.15, 0.2) is 0 Å². The molecule has 0 saturated carbocycles. The van der Waals surface area contributed by atoms with Crippen LogP contribution in [0.2, 0.25) is 0 Å². The van der Waals surface area contributed by atoms with Crippen LogP contribution in [0.1, 0.15) is 37.1 Å². The molecule has 1 fully saturated rings. The standard InChI is InChI=1S/C13H20Br2N2S.2ClH/c1-2-3-4-11(17-7-5-16-6-8-17)12-9-10(14)13(15)18-12;;/h9,11,16H,2-8H2,1H3;2*1H/t11-;;/m1../s1. The van der Waals surface area contributed by atoms with Gasteiger partial charge in [0.2, 0.25) is 0 Å². The van der Waals surface area contributed by atoms with Crippen molar-refractivity contribution in [1.82, 2.24) is 10.2 Å². The zero-order valence-electron chi connectivity index (χ0n) is 11.5. The minimum absolute atomic E-state index is 0. The first-order valence-electron chi connectivity index (χ1n) is 6.62. The molecule has 118 valence electrons. The molecule has 0 amide bonds. The number of hydrogen-bond donors (Lipinski definition) is 1. The third kappa shape index (κ3) is 5.75. The number of halogens is 4. The molecule has 1 atom stereocenters. The van der Waals surface area contributed by atoms with E-state index in [1.807, 2.05) is 11.3 Å². The van der Waals surface area contributed by atoms with E-state index in [1.165, 1.54) is 45.5 Å². The molecule has 1 aliphatic rings. The quantitative estimate of drug-likeness (QED) is 0.634. The predicted molar refractivity (Wildman–Crippen MR) is 101 cm³/mol. The van der Waals surface area contributed by atoms with E-state index in [0.717, 1.165) is 13.1 Å². The molecule has 0 spiro atoms. The molecular weight excluding hydrogens is 447 g/mol. The monoisotopic (exact) mass is 466 g/mol. The van der Waals surface area contributed by atoms with Crippen molar-refractivity contribution in [2.24, 2.45) is 0 Å². The molecule has 1 aliphatic heterocycles. The molecule has 7 heteroatoms. The highest BCUT2D eigenvalue weighted by atomic mass is 79.9. The first kappa shape index (κ1) is 21.2. The number of thiophene rings is 1. The van der Waals surface area contributed by atoms with E-state index in [-0.39, 0.29) is 24.8 Å². The Morgan fingerprint density at radius 1 is 1.30 bits per heavy atom. The Kier molecular flexibility index (Phi) is 11.4. The Bertz CT molecular complexity index is 365. The van der Waals surface area contributed by atoms with Gasteiger partial charge in [0.25, 0.3) is 0 Å². The highest BCUT2D eigenvalue weighted by molar-refractivity contribution is 9.13. The zero-order valence-corrected chi connectivity index (χ0v) is 17.2. The average Bonchev–Trinajstić information content (AvgIpc) is 2.71. The number of rotatable bonds is 5. The molecule has 1 saturated heterocycles. The topological polar surface area (TPSA) is 15.3 Å². The molecular formula is C13H22Br2Cl2N2S. The summed E-state index contributed by atoms with van der Waals surface area (Å²) >= 11 is 9.10. The summed E-state index contributed by atoms with van der Waals surface area (Å²) in [6.07, 6.45) is 3.86. The third-order valence-corrected chi connectivity index (χ3v) is 6.77. The molecule has 2 rings (SSSR count). The smallest absolute Gasteiger partial charge is 0.0843 e. The molecule has 1 N–H and O–H groups in total. The van der Waals surface area contributed by atoms with Crippen molar-refractivity contribution >= 4 is 68.0 Å². The molecule has 0 bridgehead atoms. The van der Waals surface area contributed by atoms with E-state index < -0.39 is 0 Å². The molecule has 1 aromatic heterocycles. The second kappa shape index (κ2) is 10.8. The van der Waals surface area contributed by atoms with Gasteiger partial charge in [-0.1, -0.05) is 19.8 Å². The Hall–Kier alpha value is 1.16. The van der Waals surface area contributed by atoms with Crippen LogP contribution in [0.25, 0.3) is 0 Å². The summed E-state index contributed by atoms with van der Waals surface area (Å²) in [6, 6.07) is 2.89. The van der Waals surface area contributed by atoms with Gasteiger partial charge in [0.1, 0.15) is 0 Å². The van der Waals surface area contributed by atoms with Crippen LogP contribution >= 0.6 is 68.0 Å². The normalized spacial score (nSPS) is 17.1. The first-order valence-corrected chi connectivity index (χ1v) is 9.02. The highest BCUT2D eigenvalue weighted by Crippen LogP contribution is 2.39. The molecule has 0 aliphatic carbocycles. The van der Waals surface area contributed by atoms with E-state index in [1.54, 1.807) is 0 Å². The van der Waals surface area contributed by atoms with E-state index in [9.17, 15) is 0 Å². The molecule has 2 nitrogen and oxygen atoms in total. The Morgan fingerprint density at radius 2 is 1.95 bits per heavy atom. The van der Waals surface area contributed by atoms with Gasteiger partial charge in [0, 0.05) is 41.6 Å². The van der Waals surface area contributed by atoms with Crippen LogP contribution in [-0.2, 0) is 0 Å². The molecule has 0 radical (unpaired) electrons. The van der Waals surface area contributed by atoms with Gasteiger partial charge >= 0.3 is 0 Å². The lowest BCUT2D eigenvalue weighted by atomic mass is 10.1. The molecule has 1 aromatic rings. The van der Waals surface area contributed by atoms with Crippen molar-refractivity contribution < 1.29 is 0 Å². The second-order valence-electron chi connectivity index (χ2n) is 4.71. The Balaban J connectivity index is 0.00000180. The number of piperazine rings is 1. The van der Waals surface area contributed by atoms with E-state index in [2.05, 4.69) is 55.1 Å². The summed E-state index contributed by atoms with van der Waals surface area (Å²) in [6.45, 7) is 6.85. The molecule has 0 unspecified atom stereocenters. The van der Waals surface area contributed by atoms with Crippen molar-refractivity contribution in [2.45, 2.75) is 32.2 Å². The van der Waals surface area contributed by atoms with Gasteiger partial charge in [-0.25, -0.2) is 0 Å². The summed E-state index contributed by atoms with van der Waals surface area (Å²) in [4.78, 5) is 4.13. The van der Waals surface area contributed by atoms with Crippen LogP contribution < -0.4 is 5.32 Å². The number of unbranched alkanes of at least 4 members (excludes halogenated alkanes) is 1. The Labute approximate surface area is 155 Å². The van der Waals surface area contributed by atoms with E-state index in [0.29, 0.717) is 6.04 Å². The summed E-state index contributed by atoms with van der Waals surface area (Å²) < 4.78 is 2.41. The van der Waals surface area contributed by atoms with Crippen molar-refractivity contribution in [3.05, 3.63) is 19.2 Å². The van der Waals surface area contributed by atoms with Crippen LogP contribution in [0.3, 0.4) is 0 Å². The maximum atomic E-state index is 3.62. The highest BCUT2D eigenvalue weighted by Gasteiger charge is 2.23. The lowest BCUT2D eigenvalue weighted by molar-refractivity contribution is 0.165. The van der Waals surface area contributed by atoms with Crippen LogP contribution in [0, 0.1) is 0 Å². The fourth-order valence-electron chi connectivity index (χ4n) is 2.42. The van der Waals surface area contributed by atoms with Crippen LogP contribution in [0.15, 0.2) is 14.3 Å². The predicted octanol–water partition coefficient (Wildman–Crippen LogP) is 5.25. The fourth-order valence-corrected chi connectivity index (χ4v) is 4.68. The van der Waals surface area contributed by atoms with E-state index >= 15 is 0 Å². The SMILES string of the molecule is CCCC[C@H](c1cc(Br)c(Br)s1)N1CCNCC1.Cl.Cl. The molecule has 2 heterocycles. The van der Waals surface area contributed by atoms with Gasteiger partial charge in [0.05, 0.1) is 3.79 Å². The van der Waals surface area contributed by atoms with Gasteiger partial charge < -0.3 is 5.32 Å². The van der Waals surface area contributed by atoms with Crippen molar-refractivity contribution in [3.8, 4) is 0 Å². The number of hydrogen-bond acceptors (Lipinski definition) is 3. The Morgan fingerprint density at radius 3 is 2.45 bits per heavy atom. The van der Waals surface area contributed by atoms with Crippen molar-refractivity contribution in [3.63, 3.8) is 0 Å². The van der Waals surface area contributed by atoms with Crippen LogP contribution in [-0.4, -0.2) is 31.1 Å². The average molecular weight is 469 g/mol. The van der Waals surface area contributed by atoms with Gasteiger partial charge in [-0.05, 0) is 44.3 Å². The summed E-state index contributed by atoms with van der Waals surface area (Å²) in [7, 11) is 0. The zero-order chi connectivity index (χ0) is 13.0. The minimum Gasteiger partial charge on any atom is -0.314 e. The van der Waals surface area contributed by atoms with Crippen LogP contribution in [0.5, 0.6) is 0 Å². The lowest BCUT2D eigenvalue weighted by Crippen LogP contribution is -2.45. The van der Waals surface area contributed by atoms with E-state index in [4.69, 9.17) is 0 Å². The summed E-state index contributed by atoms with van der Waals surface area (Å²) in [5, 5.41) is 3.44. The fraction of sp³-hybridized carbons (Fsp3) is 0.692. The number of nitrogens with one attached hydrogen (secondary N) is 1. The van der Waals surface area contributed by atoms with Crippen molar-refractivity contribution in [2.75, 3.05) is 26.2 Å². The lowest BCUT2D eigenvalue weighted by Gasteiger charge is -2.34. The minimum atomic E-state index is 0. The molecule has 0 aromatic carbocycles. The van der Waals surface area contributed by atoms with Gasteiger partial charge in [-0.15, -0.1) is 36.2 Å². The summed E-state index contributed by atoms with van der Waals surface area (Å²) in [5.74, 6) is 0. The maximum absolute atomic E-state index is 3.62. The van der Waals surface area contributed by atoms with Crippen LogP contribution in [0.4, 0.5) is 0 Å². The third-order valence-electron chi connectivity index (χ3n) is 3.42.